The van der Waals surface area contributed by atoms with Crippen molar-refractivity contribution < 1.29 is 9.53 Å². The second-order valence-electron chi connectivity index (χ2n) is 4.64. The second kappa shape index (κ2) is 4.73. The van der Waals surface area contributed by atoms with Crippen LogP contribution in [0, 0.1) is 0 Å². The monoisotopic (exact) mass is 250 g/mol. The highest BCUT2D eigenvalue weighted by molar-refractivity contribution is 6.03. The van der Waals surface area contributed by atoms with Gasteiger partial charge in [0.25, 0.3) is 0 Å². The number of benzene rings is 2. The molecule has 2 heteroatoms. The number of carbonyl (C=O) groups excluding carboxylic acids is 1. The molecule has 0 saturated heterocycles. The van der Waals surface area contributed by atoms with Gasteiger partial charge >= 0.3 is 0 Å². The molecule has 0 bridgehead atoms. The Labute approximate surface area is 112 Å². The van der Waals surface area contributed by atoms with E-state index >= 15 is 0 Å². The maximum absolute atomic E-state index is 12.0. The highest BCUT2D eigenvalue weighted by atomic mass is 16.5. The summed E-state index contributed by atoms with van der Waals surface area (Å²) in [7, 11) is 0. The lowest BCUT2D eigenvalue weighted by molar-refractivity contribution is -0.115. The van der Waals surface area contributed by atoms with Crippen molar-refractivity contribution in [1.29, 1.82) is 0 Å². The highest BCUT2D eigenvalue weighted by Gasteiger charge is 2.25. The Balaban J connectivity index is 2.02. The fraction of sp³-hybridized carbons (Fsp3) is 0.118. The smallest absolute Gasteiger partial charge is 0.166 e. The average molecular weight is 250 g/mol. The number of para-hydroxylation sites is 1. The number of carbonyl (C=O) groups is 1. The van der Waals surface area contributed by atoms with Gasteiger partial charge in [-0.25, -0.2) is 0 Å². The van der Waals surface area contributed by atoms with E-state index in [4.69, 9.17) is 4.74 Å². The molecule has 94 valence electrons. The molecule has 0 fully saturated rings. The Morgan fingerprint density at radius 3 is 2.42 bits per heavy atom. The topological polar surface area (TPSA) is 26.3 Å². The number of ketones is 1. The van der Waals surface area contributed by atoms with Crippen molar-refractivity contribution in [3.8, 4) is 5.75 Å². The maximum atomic E-state index is 12.0. The van der Waals surface area contributed by atoms with Gasteiger partial charge in [-0.15, -0.1) is 0 Å². The van der Waals surface area contributed by atoms with Crippen LogP contribution in [0.4, 0.5) is 0 Å². The van der Waals surface area contributed by atoms with Crippen LogP contribution in [0.3, 0.4) is 0 Å². The summed E-state index contributed by atoms with van der Waals surface area (Å²) < 4.78 is 5.84. The molecular weight excluding hydrogens is 236 g/mol. The van der Waals surface area contributed by atoms with E-state index in [1.807, 2.05) is 61.5 Å². The van der Waals surface area contributed by atoms with Gasteiger partial charge in [0.05, 0.1) is 0 Å². The number of hydrogen-bond donors (Lipinski definition) is 0. The molecule has 0 saturated carbocycles. The Kier molecular flexibility index (Phi) is 2.92. The van der Waals surface area contributed by atoms with Gasteiger partial charge in [0.1, 0.15) is 11.5 Å². The number of fused-ring (bicyclic) bond motifs is 1. The third kappa shape index (κ3) is 2.17. The van der Waals surface area contributed by atoms with Crippen molar-refractivity contribution in [2.75, 3.05) is 0 Å². The first-order chi connectivity index (χ1) is 9.25. The third-order valence-electron chi connectivity index (χ3n) is 3.36. The molecule has 0 aromatic heterocycles. The summed E-state index contributed by atoms with van der Waals surface area (Å²) in [5.74, 6) is 1.36. The van der Waals surface area contributed by atoms with E-state index in [0.29, 0.717) is 5.76 Å². The molecule has 0 N–H and O–H groups in total. The van der Waals surface area contributed by atoms with Crippen molar-refractivity contribution in [3.05, 3.63) is 71.8 Å². The number of hydrogen-bond acceptors (Lipinski definition) is 2. The fourth-order valence-electron chi connectivity index (χ4n) is 2.28. The van der Waals surface area contributed by atoms with Crippen LogP contribution in [-0.4, -0.2) is 5.78 Å². The van der Waals surface area contributed by atoms with Gasteiger partial charge < -0.3 is 4.74 Å². The van der Waals surface area contributed by atoms with E-state index in [-0.39, 0.29) is 11.7 Å². The Morgan fingerprint density at radius 1 is 0.947 bits per heavy atom. The minimum Gasteiger partial charge on any atom is -0.457 e. The van der Waals surface area contributed by atoms with Crippen molar-refractivity contribution in [3.63, 3.8) is 0 Å². The molecule has 0 radical (unpaired) electrons. The molecule has 1 atom stereocenters. The van der Waals surface area contributed by atoms with Crippen LogP contribution in [0.25, 0.3) is 5.76 Å². The summed E-state index contributed by atoms with van der Waals surface area (Å²) in [5.41, 5.74) is 2.03. The molecule has 2 nitrogen and oxygen atoms in total. The van der Waals surface area contributed by atoms with Gasteiger partial charge in [-0.05, 0) is 17.7 Å². The SMILES string of the molecule is CC1C(=O)C=C(Oc2ccccc2)c2ccccc21. The van der Waals surface area contributed by atoms with Crippen LogP contribution in [0.5, 0.6) is 5.75 Å². The standard InChI is InChI=1S/C17H14O2/c1-12-14-9-5-6-10-15(14)17(11-16(12)18)19-13-7-3-2-4-8-13/h2-12H,1H3. The van der Waals surface area contributed by atoms with Crippen molar-refractivity contribution >= 4 is 11.5 Å². The van der Waals surface area contributed by atoms with Gasteiger partial charge in [-0.2, -0.15) is 0 Å². The first kappa shape index (κ1) is 11.7. The lowest BCUT2D eigenvalue weighted by atomic mass is 9.86. The molecule has 2 aromatic rings. The predicted molar refractivity (Wildman–Crippen MR) is 74.9 cm³/mol. The molecule has 3 rings (SSSR count). The molecule has 0 spiro atoms. The predicted octanol–water partition coefficient (Wildman–Crippen LogP) is 3.79. The lowest BCUT2D eigenvalue weighted by Gasteiger charge is -2.21. The molecular formula is C17H14O2. The van der Waals surface area contributed by atoms with Crippen LogP contribution >= 0.6 is 0 Å². The zero-order valence-electron chi connectivity index (χ0n) is 10.7. The Bertz CT molecular complexity index is 641. The largest absolute Gasteiger partial charge is 0.457 e. The molecule has 0 aliphatic heterocycles. The summed E-state index contributed by atoms with van der Waals surface area (Å²) in [5, 5.41) is 0. The van der Waals surface area contributed by atoms with Gasteiger partial charge in [0, 0.05) is 17.6 Å². The summed E-state index contributed by atoms with van der Waals surface area (Å²) in [6, 6.07) is 17.4. The van der Waals surface area contributed by atoms with Crippen molar-refractivity contribution in [2.45, 2.75) is 12.8 Å². The molecule has 0 amide bonds. The molecule has 2 aromatic carbocycles. The van der Waals surface area contributed by atoms with E-state index in [0.717, 1.165) is 16.9 Å². The summed E-state index contributed by atoms with van der Waals surface area (Å²) in [6.07, 6.45) is 1.60. The minimum absolute atomic E-state index is 0.0876. The van der Waals surface area contributed by atoms with E-state index in [1.165, 1.54) is 0 Å². The second-order valence-corrected chi connectivity index (χ2v) is 4.64. The Hall–Kier alpha value is -2.35. The summed E-state index contributed by atoms with van der Waals surface area (Å²) in [4.78, 5) is 12.0. The number of allylic oxidation sites excluding steroid dienone is 1. The summed E-state index contributed by atoms with van der Waals surface area (Å²) >= 11 is 0. The zero-order valence-corrected chi connectivity index (χ0v) is 10.7. The van der Waals surface area contributed by atoms with Gasteiger partial charge in [0.15, 0.2) is 5.78 Å². The van der Waals surface area contributed by atoms with Crippen molar-refractivity contribution in [2.24, 2.45) is 0 Å². The normalized spacial score (nSPS) is 17.6. The maximum Gasteiger partial charge on any atom is 0.166 e. The highest BCUT2D eigenvalue weighted by Crippen LogP contribution is 2.33. The quantitative estimate of drug-likeness (QED) is 0.810. The number of rotatable bonds is 2. The van der Waals surface area contributed by atoms with E-state index < -0.39 is 0 Å². The van der Waals surface area contributed by atoms with E-state index in [2.05, 4.69) is 0 Å². The molecule has 1 aliphatic rings. The summed E-state index contributed by atoms with van der Waals surface area (Å²) in [6.45, 7) is 1.93. The van der Waals surface area contributed by atoms with E-state index in [9.17, 15) is 4.79 Å². The minimum atomic E-state index is -0.0978. The van der Waals surface area contributed by atoms with Gasteiger partial charge in [-0.3, -0.25) is 4.79 Å². The lowest BCUT2D eigenvalue weighted by Crippen LogP contribution is -2.16. The molecule has 1 unspecified atom stereocenters. The third-order valence-corrected chi connectivity index (χ3v) is 3.36. The first-order valence-electron chi connectivity index (χ1n) is 6.33. The van der Waals surface area contributed by atoms with Crippen molar-refractivity contribution in [1.82, 2.24) is 0 Å². The Morgan fingerprint density at radius 2 is 1.63 bits per heavy atom. The molecule has 19 heavy (non-hydrogen) atoms. The first-order valence-corrected chi connectivity index (χ1v) is 6.33. The molecule has 1 aliphatic carbocycles. The van der Waals surface area contributed by atoms with Crippen LogP contribution < -0.4 is 4.74 Å². The number of ether oxygens (including phenoxy) is 1. The zero-order chi connectivity index (χ0) is 13.2. The van der Waals surface area contributed by atoms with E-state index in [1.54, 1.807) is 6.08 Å². The molecule has 0 heterocycles. The average Bonchev–Trinajstić information content (AvgIpc) is 2.46. The van der Waals surface area contributed by atoms with Crippen LogP contribution in [0.1, 0.15) is 24.0 Å². The van der Waals surface area contributed by atoms with Crippen LogP contribution in [0.15, 0.2) is 60.7 Å². The van der Waals surface area contributed by atoms with Crippen LogP contribution in [0.2, 0.25) is 0 Å². The van der Waals surface area contributed by atoms with Gasteiger partial charge in [0.2, 0.25) is 0 Å². The van der Waals surface area contributed by atoms with Gasteiger partial charge in [-0.1, -0.05) is 49.4 Å². The fourth-order valence-corrected chi connectivity index (χ4v) is 2.28. The van der Waals surface area contributed by atoms with Crippen LogP contribution in [-0.2, 0) is 4.79 Å².